The molecule has 0 aliphatic carbocycles. The number of Topliss-reactive ketones (excluding diaryl/α,β-unsaturated/α-hetero) is 1. The van der Waals surface area contributed by atoms with Gasteiger partial charge < -0.3 is 14.4 Å². The SMILES string of the molecule is Cl.Cl.O=C(CCN1CCN(Cc2ccccc2)CC1)c1ccc2c(c1)OCCO2. The molecule has 5 nitrogen and oxygen atoms in total. The molecule has 2 aromatic rings. The van der Waals surface area contributed by atoms with Crippen LogP contribution in [0.15, 0.2) is 48.5 Å². The van der Waals surface area contributed by atoms with Crippen LogP contribution in [-0.4, -0.2) is 61.5 Å². The Hall–Kier alpha value is -1.79. The molecule has 158 valence electrons. The van der Waals surface area contributed by atoms with Crippen LogP contribution >= 0.6 is 24.8 Å². The third-order valence-corrected chi connectivity index (χ3v) is 5.23. The van der Waals surface area contributed by atoms with Gasteiger partial charge in [0.2, 0.25) is 0 Å². The predicted octanol–water partition coefficient (Wildman–Crippen LogP) is 3.69. The number of ether oxygens (including phenoxy) is 2. The van der Waals surface area contributed by atoms with Crippen molar-refractivity contribution < 1.29 is 14.3 Å². The number of carbonyl (C=O) groups excluding carboxylic acids is 1. The van der Waals surface area contributed by atoms with Crippen molar-refractivity contribution >= 4 is 30.6 Å². The maximum absolute atomic E-state index is 12.5. The molecule has 7 heteroatoms. The van der Waals surface area contributed by atoms with E-state index < -0.39 is 0 Å². The zero-order valence-electron chi connectivity index (χ0n) is 16.4. The lowest BCUT2D eigenvalue weighted by molar-refractivity contribution is 0.0921. The van der Waals surface area contributed by atoms with Crippen LogP contribution in [0.5, 0.6) is 11.5 Å². The highest BCUT2D eigenvalue weighted by molar-refractivity contribution is 5.96. The van der Waals surface area contributed by atoms with Crippen molar-refractivity contribution in [3.05, 3.63) is 59.7 Å². The highest BCUT2D eigenvalue weighted by atomic mass is 35.5. The van der Waals surface area contributed by atoms with Gasteiger partial charge in [-0.1, -0.05) is 30.3 Å². The molecule has 1 fully saturated rings. The Morgan fingerprint density at radius 3 is 2.21 bits per heavy atom. The smallest absolute Gasteiger partial charge is 0.164 e. The highest BCUT2D eigenvalue weighted by Gasteiger charge is 2.19. The minimum absolute atomic E-state index is 0. The Balaban J connectivity index is 0.00000150. The van der Waals surface area contributed by atoms with Gasteiger partial charge in [0.25, 0.3) is 0 Å². The first-order chi connectivity index (χ1) is 13.3. The normalized spacial score (nSPS) is 16.4. The summed E-state index contributed by atoms with van der Waals surface area (Å²) in [4.78, 5) is 17.4. The summed E-state index contributed by atoms with van der Waals surface area (Å²) in [5.74, 6) is 1.58. The fourth-order valence-corrected chi connectivity index (χ4v) is 3.63. The number of nitrogens with zero attached hydrogens (tertiary/aromatic N) is 2. The number of hydrogen-bond donors (Lipinski definition) is 0. The zero-order chi connectivity index (χ0) is 18.5. The van der Waals surface area contributed by atoms with Crippen LogP contribution in [0.4, 0.5) is 0 Å². The van der Waals surface area contributed by atoms with Gasteiger partial charge in [0.1, 0.15) is 13.2 Å². The second kappa shape index (κ2) is 11.4. The van der Waals surface area contributed by atoms with Crippen LogP contribution < -0.4 is 9.47 Å². The van der Waals surface area contributed by atoms with Crippen molar-refractivity contribution in [2.45, 2.75) is 13.0 Å². The molecule has 4 rings (SSSR count). The number of ketones is 1. The maximum Gasteiger partial charge on any atom is 0.164 e. The molecular formula is C22H28Cl2N2O3. The van der Waals surface area contributed by atoms with Gasteiger partial charge in [-0.15, -0.1) is 24.8 Å². The van der Waals surface area contributed by atoms with Gasteiger partial charge >= 0.3 is 0 Å². The van der Waals surface area contributed by atoms with Gasteiger partial charge in [-0.25, -0.2) is 0 Å². The summed E-state index contributed by atoms with van der Waals surface area (Å²) in [6, 6.07) is 16.1. The first-order valence-corrected chi connectivity index (χ1v) is 9.69. The first-order valence-electron chi connectivity index (χ1n) is 9.69. The summed E-state index contributed by atoms with van der Waals surface area (Å²) < 4.78 is 11.1. The highest BCUT2D eigenvalue weighted by Crippen LogP contribution is 2.31. The largest absolute Gasteiger partial charge is 0.486 e. The molecule has 29 heavy (non-hydrogen) atoms. The van der Waals surface area contributed by atoms with E-state index in [-0.39, 0.29) is 30.6 Å². The molecular weight excluding hydrogens is 411 g/mol. The molecule has 0 atom stereocenters. The summed E-state index contributed by atoms with van der Waals surface area (Å²) in [5, 5.41) is 0. The van der Waals surface area contributed by atoms with Crippen molar-refractivity contribution in [1.29, 1.82) is 0 Å². The molecule has 0 unspecified atom stereocenters. The molecule has 0 N–H and O–H groups in total. The Morgan fingerprint density at radius 2 is 1.48 bits per heavy atom. The average molecular weight is 439 g/mol. The van der Waals surface area contributed by atoms with E-state index in [9.17, 15) is 4.79 Å². The Bertz CT molecular complexity index is 781. The van der Waals surface area contributed by atoms with Crippen molar-refractivity contribution in [3.63, 3.8) is 0 Å². The van der Waals surface area contributed by atoms with E-state index in [1.807, 2.05) is 18.2 Å². The van der Waals surface area contributed by atoms with Crippen LogP contribution in [0.25, 0.3) is 0 Å². The summed E-state index contributed by atoms with van der Waals surface area (Å²) in [7, 11) is 0. The van der Waals surface area contributed by atoms with Gasteiger partial charge in [0.15, 0.2) is 17.3 Å². The molecule has 0 amide bonds. The average Bonchev–Trinajstić information content (AvgIpc) is 2.73. The van der Waals surface area contributed by atoms with E-state index in [0.717, 1.165) is 45.0 Å². The monoisotopic (exact) mass is 438 g/mol. The molecule has 0 bridgehead atoms. The van der Waals surface area contributed by atoms with Crippen molar-refractivity contribution in [3.8, 4) is 11.5 Å². The fourth-order valence-electron chi connectivity index (χ4n) is 3.63. The van der Waals surface area contributed by atoms with Gasteiger partial charge in [0, 0.05) is 51.3 Å². The van der Waals surface area contributed by atoms with Crippen LogP contribution in [0.3, 0.4) is 0 Å². The Morgan fingerprint density at radius 1 is 0.828 bits per heavy atom. The van der Waals surface area contributed by atoms with E-state index in [4.69, 9.17) is 9.47 Å². The van der Waals surface area contributed by atoms with Crippen LogP contribution in [0.1, 0.15) is 22.3 Å². The molecule has 2 aliphatic rings. The number of halogens is 2. The van der Waals surface area contributed by atoms with Crippen molar-refractivity contribution in [1.82, 2.24) is 9.80 Å². The molecule has 0 saturated carbocycles. The predicted molar refractivity (Wildman–Crippen MR) is 119 cm³/mol. The lowest BCUT2D eigenvalue weighted by Crippen LogP contribution is -2.46. The molecule has 0 radical (unpaired) electrons. The van der Waals surface area contributed by atoms with E-state index in [2.05, 4.69) is 40.1 Å². The molecule has 2 heterocycles. The molecule has 2 aromatic carbocycles. The van der Waals surface area contributed by atoms with Gasteiger partial charge in [-0.3, -0.25) is 9.69 Å². The quantitative estimate of drug-likeness (QED) is 0.643. The summed E-state index contributed by atoms with van der Waals surface area (Å²) >= 11 is 0. The summed E-state index contributed by atoms with van der Waals surface area (Å²) in [6.07, 6.45) is 0.540. The minimum Gasteiger partial charge on any atom is -0.486 e. The van der Waals surface area contributed by atoms with E-state index in [0.29, 0.717) is 30.9 Å². The minimum atomic E-state index is 0. The topological polar surface area (TPSA) is 42.0 Å². The van der Waals surface area contributed by atoms with Crippen molar-refractivity contribution in [2.75, 3.05) is 45.9 Å². The Labute approximate surface area is 184 Å². The number of fused-ring (bicyclic) bond motifs is 1. The third kappa shape index (κ3) is 6.34. The fraction of sp³-hybridized carbons (Fsp3) is 0.409. The van der Waals surface area contributed by atoms with Crippen LogP contribution in [-0.2, 0) is 6.54 Å². The lowest BCUT2D eigenvalue weighted by atomic mass is 10.1. The van der Waals surface area contributed by atoms with E-state index >= 15 is 0 Å². The van der Waals surface area contributed by atoms with Crippen LogP contribution in [0, 0.1) is 0 Å². The Kier molecular flexibility index (Phi) is 9.24. The van der Waals surface area contributed by atoms with E-state index in [1.54, 1.807) is 0 Å². The lowest BCUT2D eigenvalue weighted by Gasteiger charge is -2.34. The standard InChI is InChI=1S/C22H26N2O3.2ClH/c25-20(19-6-7-21-22(16-19)27-15-14-26-21)8-9-23-10-12-24(13-11-23)17-18-4-2-1-3-5-18;;/h1-7,16H,8-15,17H2;2*1H. The maximum atomic E-state index is 12.5. The number of rotatable bonds is 6. The van der Waals surface area contributed by atoms with Crippen LogP contribution in [0.2, 0.25) is 0 Å². The summed E-state index contributed by atoms with van der Waals surface area (Å²) in [6.45, 7) is 7.05. The second-order valence-corrected chi connectivity index (χ2v) is 7.14. The van der Waals surface area contributed by atoms with Gasteiger partial charge in [-0.2, -0.15) is 0 Å². The molecule has 2 aliphatic heterocycles. The molecule has 0 aromatic heterocycles. The number of piperazine rings is 1. The number of hydrogen-bond acceptors (Lipinski definition) is 5. The zero-order valence-corrected chi connectivity index (χ0v) is 18.1. The number of carbonyl (C=O) groups is 1. The number of benzene rings is 2. The van der Waals surface area contributed by atoms with Gasteiger partial charge in [-0.05, 0) is 23.8 Å². The third-order valence-electron chi connectivity index (χ3n) is 5.23. The molecule has 1 saturated heterocycles. The van der Waals surface area contributed by atoms with Crippen molar-refractivity contribution in [2.24, 2.45) is 0 Å². The second-order valence-electron chi connectivity index (χ2n) is 7.14. The molecule has 0 spiro atoms. The van der Waals surface area contributed by atoms with E-state index in [1.165, 1.54) is 5.56 Å². The van der Waals surface area contributed by atoms with Gasteiger partial charge in [0.05, 0.1) is 0 Å². The first kappa shape index (κ1) is 23.5. The summed E-state index contributed by atoms with van der Waals surface area (Å²) in [5.41, 5.74) is 2.07.